The number of nitrogens with zero attached hydrogens (tertiary/aromatic N) is 2. The Kier molecular flexibility index (Phi) is 5.77. The highest BCUT2D eigenvalue weighted by molar-refractivity contribution is 7.07. The van der Waals surface area contributed by atoms with Crippen LogP contribution in [0.3, 0.4) is 0 Å². The lowest BCUT2D eigenvalue weighted by atomic mass is 9.98. The number of hydrogen-bond acceptors (Lipinski definition) is 4. The SMILES string of the molecule is O=C(NCC1CCCN(Cc2cscn2)C1)Nc1cccc(F)c1. The average molecular weight is 348 g/mol. The fraction of sp³-hybridized carbons (Fsp3) is 0.412. The Morgan fingerprint density at radius 2 is 2.38 bits per heavy atom. The van der Waals surface area contributed by atoms with Crippen LogP contribution in [0.15, 0.2) is 35.2 Å². The molecule has 1 fully saturated rings. The topological polar surface area (TPSA) is 57.3 Å². The Balaban J connectivity index is 1.43. The third kappa shape index (κ3) is 5.01. The quantitative estimate of drug-likeness (QED) is 0.871. The molecule has 7 heteroatoms. The molecule has 1 aliphatic heterocycles. The maximum absolute atomic E-state index is 13.1. The number of piperidine rings is 1. The van der Waals surface area contributed by atoms with Crippen molar-refractivity contribution in [2.45, 2.75) is 19.4 Å². The molecule has 0 radical (unpaired) electrons. The van der Waals surface area contributed by atoms with Crippen LogP contribution in [0.5, 0.6) is 0 Å². The van der Waals surface area contributed by atoms with E-state index < -0.39 is 0 Å². The lowest BCUT2D eigenvalue weighted by Crippen LogP contribution is -2.41. The molecule has 24 heavy (non-hydrogen) atoms. The molecule has 3 rings (SSSR count). The van der Waals surface area contributed by atoms with Gasteiger partial charge in [-0.15, -0.1) is 11.3 Å². The largest absolute Gasteiger partial charge is 0.338 e. The Hall–Kier alpha value is -1.99. The van der Waals surface area contributed by atoms with E-state index >= 15 is 0 Å². The van der Waals surface area contributed by atoms with Gasteiger partial charge in [-0.1, -0.05) is 6.07 Å². The van der Waals surface area contributed by atoms with Crippen LogP contribution in [-0.4, -0.2) is 35.5 Å². The van der Waals surface area contributed by atoms with Gasteiger partial charge in [-0.2, -0.15) is 0 Å². The van der Waals surface area contributed by atoms with E-state index in [4.69, 9.17) is 0 Å². The molecule has 0 aliphatic carbocycles. The summed E-state index contributed by atoms with van der Waals surface area (Å²) in [6.45, 7) is 3.52. The summed E-state index contributed by atoms with van der Waals surface area (Å²) in [5.74, 6) is 0.0633. The highest BCUT2D eigenvalue weighted by atomic mass is 32.1. The maximum Gasteiger partial charge on any atom is 0.319 e. The number of carbonyl (C=O) groups excluding carboxylic acids is 1. The minimum atomic E-state index is -0.363. The molecule has 1 aliphatic rings. The van der Waals surface area contributed by atoms with Crippen molar-refractivity contribution in [2.24, 2.45) is 5.92 Å². The Labute approximate surface area is 144 Å². The first kappa shape index (κ1) is 16.9. The third-order valence-corrected chi connectivity index (χ3v) is 4.74. The zero-order chi connectivity index (χ0) is 16.8. The molecule has 1 atom stereocenters. The summed E-state index contributed by atoms with van der Waals surface area (Å²) in [6.07, 6.45) is 2.23. The maximum atomic E-state index is 13.1. The number of halogens is 1. The summed E-state index contributed by atoms with van der Waals surface area (Å²) in [4.78, 5) is 18.7. The lowest BCUT2D eigenvalue weighted by molar-refractivity contribution is 0.164. The van der Waals surface area contributed by atoms with Crippen LogP contribution < -0.4 is 10.6 Å². The highest BCUT2D eigenvalue weighted by Gasteiger charge is 2.20. The van der Waals surface area contributed by atoms with Crippen molar-refractivity contribution in [3.8, 4) is 0 Å². The molecular formula is C17H21FN4OS. The van der Waals surface area contributed by atoms with E-state index in [0.717, 1.165) is 38.2 Å². The van der Waals surface area contributed by atoms with Crippen molar-refractivity contribution in [1.82, 2.24) is 15.2 Å². The van der Waals surface area contributed by atoms with Gasteiger partial charge in [-0.05, 0) is 43.5 Å². The van der Waals surface area contributed by atoms with Crippen LogP contribution in [0.1, 0.15) is 18.5 Å². The van der Waals surface area contributed by atoms with Crippen LogP contribution in [-0.2, 0) is 6.54 Å². The molecule has 1 aromatic heterocycles. The summed E-state index contributed by atoms with van der Waals surface area (Å²) in [6, 6.07) is 5.59. The number of nitrogens with one attached hydrogen (secondary N) is 2. The molecule has 0 bridgehead atoms. The van der Waals surface area contributed by atoms with Crippen LogP contribution >= 0.6 is 11.3 Å². The second kappa shape index (κ2) is 8.21. The van der Waals surface area contributed by atoms with Gasteiger partial charge < -0.3 is 10.6 Å². The summed E-state index contributed by atoms with van der Waals surface area (Å²) in [7, 11) is 0. The van der Waals surface area contributed by atoms with Gasteiger partial charge in [0.1, 0.15) is 5.82 Å². The van der Waals surface area contributed by atoms with E-state index in [1.165, 1.54) is 12.1 Å². The average Bonchev–Trinajstić information content (AvgIpc) is 3.06. The smallest absolute Gasteiger partial charge is 0.319 e. The zero-order valence-electron chi connectivity index (χ0n) is 13.4. The number of aromatic nitrogens is 1. The van der Waals surface area contributed by atoms with Crippen molar-refractivity contribution in [1.29, 1.82) is 0 Å². The molecule has 0 spiro atoms. The first-order chi connectivity index (χ1) is 11.7. The van der Waals surface area contributed by atoms with Gasteiger partial charge in [-0.25, -0.2) is 14.2 Å². The summed E-state index contributed by atoms with van der Waals surface area (Å²) >= 11 is 1.62. The van der Waals surface area contributed by atoms with E-state index in [2.05, 4.69) is 25.9 Å². The fourth-order valence-electron chi connectivity index (χ4n) is 2.98. The second-order valence-electron chi connectivity index (χ2n) is 6.07. The van der Waals surface area contributed by atoms with Gasteiger partial charge >= 0.3 is 6.03 Å². The number of carbonyl (C=O) groups is 1. The van der Waals surface area contributed by atoms with Gasteiger partial charge in [-0.3, -0.25) is 4.90 Å². The summed E-state index contributed by atoms with van der Waals surface area (Å²) in [5, 5.41) is 7.62. The van der Waals surface area contributed by atoms with Crippen molar-refractivity contribution < 1.29 is 9.18 Å². The van der Waals surface area contributed by atoms with Crippen molar-refractivity contribution in [2.75, 3.05) is 25.0 Å². The van der Waals surface area contributed by atoms with Crippen LogP contribution in [0.25, 0.3) is 0 Å². The molecule has 2 aromatic rings. The first-order valence-corrected chi connectivity index (χ1v) is 9.03. The van der Waals surface area contributed by atoms with Crippen molar-refractivity contribution in [3.05, 3.63) is 46.7 Å². The standard InChI is InChI=1S/C17H21FN4OS/c18-14-4-1-5-15(7-14)21-17(23)19-8-13-3-2-6-22(9-13)10-16-11-24-12-20-16/h1,4-5,7,11-13H,2-3,6,8-10H2,(H2,19,21,23). The van der Waals surface area contributed by atoms with E-state index in [1.807, 2.05) is 5.51 Å². The molecule has 1 unspecified atom stereocenters. The van der Waals surface area contributed by atoms with Gasteiger partial charge in [0.25, 0.3) is 0 Å². The minimum absolute atomic E-state index is 0.294. The van der Waals surface area contributed by atoms with Gasteiger partial charge in [0.15, 0.2) is 0 Å². The number of rotatable bonds is 5. The lowest BCUT2D eigenvalue weighted by Gasteiger charge is -2.32. The van der Waals surface area contributed by atoms with Gasteiger partial charge in [0.2, 0.25) is 0 Å². The van der Waals surface area contributed by atoms with Crippen LogP contribution in [0.2, 0.25) is 0 Å². The molecule has 0 saturated carbocycles. The number of anilines is 1. The molecule has 2 N–H and O–H groups in total. The summed E-state index contributed by atoms with van der Waals surface area (Å²) < 4.78 is 13.1. The zero-order valence-corrected chi connectivity index (χ0v) is 14.2. The van der Waals surface area contributed by atoms with Gasteiger partial charge in [0, 0.05) is 30.7 Å². The molecule has 1 aromatic carbocycles. The number of benzene rings is 1. The van der Waals surface area contributed by atoms with Gasteiger partial charge in [0.05, 0.1) is 11.2 Å². The van der Waals surface area contributed by atoms with E-state index in [1.54, 1.807) is 23.5 Å². The normalized spacial score (nSPS) is 18.3. The number of urea groups is 1. The highest BCUT2D eigenvalue weighted by Crippen LogP contribution is 2.18. The van der Waals surface area contributed by atoms with Crippen LogP contribution in [0.4, 0.5) is 14.9 Å². The van der Waals surface area contributed by atoms with E-state index in [-0.39, 0.29) is 11.8 Å². The Bertz CT molecular complexity index is 664. The number of amides is 2. The predicted octanol–water partition coefficient (Wildman–Crippen LogP) is 3.32. The first-order valence-electron chi connectivity index (χ1n) is 8.09. The third-order valence-electron chi connectivity index (χ3n) is 4.11. The number of hydrogen-bond donors (Lipinski definition) is 2. The summed E-state index contributed by atoms with van der Waals surface area (Å²) in [5.41, 5.74) is 3.42. The molecule has 1 saturated heterocycles. The van der Waals surface area contributed by atoms with E-state index in [0.29, 0.717) is 18.2 Å². The van der Waals surface area contributed by atoms with E-state index in [9.17, 15) is 9.18 Å². The Morgan fingerprint density at radius 3 is 3.17 bits per heavy atom. The molecular weight excluding hydrogens is 327 g/mol. The van der Waals surface area contributed by atoms with Crippen molar-refractivity contribution in [3.63, 3.8) is 0 Å². The van der Waals surface area contributed by atoms with Crippen LogP contribution in [0, 0.1) is 11.7 Å². The second-order valence-corrected chi connectivity index (χ2v) is 6.79. The Morgan fingerprint density at radius 1 is 1.46 bits per heavy atom. The molecule has 5 nitrogen and oxygen atoms in total. The molecule has 128 valence electrons. The number of likely N-dealkylation sites (tertiary alicyclic amines) is 1. The van der Waals surface area contributed by atoms with Crippen molar-refractivity contribution >= 4 is 23.1 Å². The molecule has 2 amide bonds. The molecule has 2 heterocycles. The fourth-order valence-corrected chi connectivity index (χ4v) is 3.53. The minimum Gasteiger partial charge on any atom is -0.338 e. The monoisotopic (exact) mass is 348 g/mol. The number of thiazole rings is 1. The predicted molar refractivity (Wildman–Crippen MR) is 93.5 cm³/mol.